The van der Waals surface area contributed by atoms with Crippen molar-refractivity contribution in [3.05, 3.63) is 35.9 Å². The van der Waals surface area contributed by atoms with E-state index in [1.54, 1.807) is 0 Å². The lowest BCUT2D eigenvalue weighted by atomic mass is 9.79. The highest BCUT2D eigenvalue weighted by atomic mass is 16.5. The Morgan fingerprint density at radius 3 is 2.62 bits per heavy atom. The van der Waals surface area contributed by atoms with Crippen LogP contribution in [0.1, 0.15) is 44.6 Å². The van der Waals surface area contributed by atoms with Gasteiger partial charge in [0.1, 0.15) is 0 Å². The van der Waals surface area contributed by atoms with E-state index in [4.69, 9.17) is 4.74 Å². The third-order valence-corrected chi connectivity index (χ3v) is 4.65. The molecule has 3 atom stereocenters. The van der Waals surface area contributed by atoms with Gasteiger partial charge in [0.25, 0.3) is 0 Å². The van der Waals surface area contributed by atoms with Crippen LogP contribution in [0.2, 0.25) is 0 Å². The van der Waals surface area contributed by atoms with E-state index < -0.39 is 0 Å². The Labute approximate surface area is 128 Å². The second-order valence-corrected chi connectivity index (χ2v) is 5.88. The molecule has 0 bridgehead atoms. The van der Waals surface area contributed by atoms with Gasteiger partial charge in [-0.3, -0.25) is 4.90 Å². The molecule has 1 aromatic carbocycles. The van der Waals surface area contributed by atoms with Crippen LogP contribution in [0.15, 0.2) is 30.3 Å². The van der Waals surface area contributed by atoms with Gasteiger partial charge in [0.05, 0.1) is 12.7 Å². The maximum Gasteiger partial charge on any atom is 0.0695 e. The largest absolute Gasteiger partial charge is 0.391 e. The average molecular weight is 291 g/mol. The topological polar surface area (TPSA) is 32.7 Å². The molecule has 1 aliphatic carbocycles. The normalized spacial score (nSPS) is 26.2. The van der Waals surface area contributed by atoms with E-state index in [-0.39, 0.29) is 12.1 Å². The molecule has 0 amide bonds. The molecule has 0 aromatic heterocycles. The van der Waals surface area contributed by atoms with E-state index in [9.17, 15) is 5.11 Å². The number of aliphatic hydroxyl groups is 1. The molecule has 118 valence electrons. The zero-order chi connectivity index (χ0) is 15.1. The Morgan fingerprint density at radius 1 is 1.19 bits per heavy atom. The molecule has 1 N–H and O–H groups in total. The number of aliphatic hydroxyl groups excluding tert-OH is 1. The number of benzene rings is 1. The number of likely N-dealkylation sites (N-methyl/N-ethyl adjacent to an activating group) is 1. The van der Waals surface area contributed by atoms with Crippen molar-refractivity contribution < 1.29 is 9.84 Å². The lowest BCUT2D eigenvalue weighted by Gasteiger charge is -2.40. The average Bonchev–Trinajstić information content (AvgIpc) is 2.53. The zero-order valence-electron chi connectivity index (χ0n) is 13.4. The third kappa shape index (κ3) is 4.53. The predicted octanol–water partition coefficient (Wildman–Crippen LogP) is 3.04. The van der Waals surface area contributed by atoms with Crippen LogP contribution in [0.5, 0.6) is 0 Å². The van der Waals surface area contributed by atoms with Crippen molar-refractivity contribution in [3.8, 4) is 0 Å². The van der Waals surface area contributed by atoms with Crippen molar-refractivity contribution in [2.75, 3.05) is 26.3 Å². The number of hydrogen-bond acceptors (Lipinski definition) is 3. The van der Waals surface area contributed by atoms with Crippen molar-refractivity contribution in [2.24, 2.45) is 0 Å². The van der Waals surface area contributed by atoms with Crippen molar-refractivity contribution in [3.63, 3.8) is 0 Å². The Hall–Kier alpha value is -0.900. The van der Waals surface area contributed by atoms with E-state index >= 15 is 0 Å². The second kappa shape index (κ2) is 8.52. The highest BCUT2D eigenvalue weighted by Gasteiger charge is 2.33. The van der Waals surface area contributed by atoms with Gasteiger partial charge in [-0.15, -0.1) is 0 Å². The van der Waals surface area contributed by atoms with Gasteiger partial charge in [0, 0.05) is 19.2 Å². The Kier molecular flexibility index (Phi) is 6.68. The summed E-state index contributed by atoms with van der Waals surface area (Å²) in [6.45, 7) is 7.59. The number of hydrogen-bond donors (Lipinski definition) is 1. The van der Waals surface area contributed by atoms with Crippen LogP contribution in [-0.2, 0) is 4.74 Å². The van der Waals surface area contributed by atoms with E-state index in [2.05, 4.69) is 42.2 Å². The fourth-order valence-electron chi connectivity index (χ4n) is 3.44. The first-order chi connectivity index (χ1) is 10.3. The van der Waals surface area contributed by atoms with Crippen LogP contribution in [-0.4, -0.2) is 48.5 Å². The molecule has 1 saturated carbocycles. The van der Waals surface area contributed by atoms with E-state index in [1.165, 1.54) is 5.56 Å². The number of rotatable bonds is 7. The minimum absolute atomic E-state index is 0.202. The van der Waals surface area contributed by atoms with E-state index in [0.717, 1.165) is 45.6 Å². The smallest absolute Gasteiger partial charge is 0.0695 e. The van der Waals surface area contributed by atoms with Crippen LogP contribution < -0.4 is 0 Å². The van der Waals surface area contributed by atoms with Crippen LogP contribution in [0.3, 0.4) is 0 Å². The maximum atomic E-state index is 10.4. The Morgan fingerprint density at radius 2 is 1.95 bits per heavy atom. The first-order valence-corrected chi connectivity index (χ1v) is 8.31. The fraction of sp³-hybridized carbons (Fsp3) is 0.667. The van der Waals surface area contributed by atoms with Gasteiger partial charge in [-0.05, 0) is 44.2 Å². The van der Waals surface area contributed by atoms with Crippen LogP contribution >= 0.6 is 0 Å². The van der Waals surface area contributed by atoms with Crippen molar-refractivity contribution in [1.29, 1.82) is 0 Å². The summed E-state index contributed by atoms with van der Waals surface area (Å²) >= 11 is 0. The molecule has 3 heteroatoms. The maximum absolute atomic E-state index is 10.4. The molecule has 0 heterocycles. The Bertz CT molecular complexity index is 395. The highest BCUT2D eigenvalue weighted by Crippen LogP contribution is 2.35. The first-order valence-electron chi connectivity index (χ1n) is 8.31. The zero-order valence-corrected chi connectivity index (χ0v) is 13.4. The minimum atomic E-state index is -0.202. The molecule has 1 aromatic rings. The summed E-state index contributed by atoms with van der Waals surface area (Å²) in [6, 6.07) is 11.0. The highest BCUT2D eigenvalue weighted by molar-refractivity contribution is 5.20. The summed E-state index contributed by atoms with van der Waals surface area (Å²) < 4.78 is 5.48. The molecular weight excluding hydrogens is 262 g/mol. The van der Waals surface area contributed by atoms with Crippen LogP contribution in [0.25, 0.3) is 0 Å². The van der Waals surface area contributed by atoms with Gasteiger partial charge in [0.2, 0.25) is 0 Å². The standard InChI is InChI=1S/C18H29NO2/c1-3-19(12-13-21-4-2)17-14-16(10-11-18(17)20)15-8-6-5-7-9-15/h5-9,16-18,20H,3-4,10-14H2,1-2H3. The van der Waals surface area contributed by atoms with Gasteiger partial charge >= 0.3 is 0 Å². The lowest BCUT2D eigenvalue weighted by Crippen LogP contribution is -2.48. The van der Waals surface area contributed by atoms with Gasteiger partial charge in [-0.2, -0.15) is 0 Å². The predicted molar refractivity (Wildman–Crippen MR) is 86.6 cm³/mol. The van der Waals surface area contributed by atoms with Crippen molar-refractivity contribution in [1.82, 2.24) is 4.90 Å². The van der Waals surface area contributed by atoms with Gasteiger partial charge < -0.3 is 9.84 Å². The summed E-state index contributed by atoms with van der Waals surface area (Å²) in [5.74, 6) is 0.570. The van der Waals surface area contributed by atoms with Gasteiger partial charge in [0.15, 0.2) is 0 Å². The molecule has 21 heavy (non-hydrogen) atoms. The Balaban J connectivity index is 1.99. The number of ether oxygens (including phenoxy) is 1. The lowest BCUT2D eigenvalue weighted by molar-refractivity contribution is 0.00242. The molecule has 0 saturated heterocycles. The molecular formula is C18H29NO2. The number of nitrogens with zero attached hydrogens (tertiary/aromatic N) is 1. The molecule has 3 nitrogen and oxygen atoms in total. The van der Waals surface area contributed by atoms with Gasteiger partial charge in [-0.1, -0.05) is 37.3 Å². The van der Waals surface area contributed by atoms with Gasteiger partial charge in [-0.25, -0.2) is 0 Å². The summed E-state index contributed by atoms with van der Waals surface area (Å²) in [5.41, 5.74) is 1.41. The SMILES string of the molecule is CCOCCN(CC)C1CC(c2ccccc2)CCC1O. The van der Waals surface area contributed by atoms with E-state index in [0.29, 0.717) is 5.92 Å². The van der Waals surface area contributed by atoms with Crippen LogP contribution in [0.4, 0.5) is 0 Å². The molecule has 2 rings (SSSR count). The summed E-state index contributed by atoms with van der Waals surface area (Å²) in [7, 11) is 0. The molecule has 0 radical (unpaired) electrons. The molecule has 3 unspecified atom stereocenters. The van der Waals surface area contributed by atoms with E-state index in [1.807, 2.05) is 6.92 Å². The summed E-state index contributed by atoms with van der Waals surface area (Å²) in [4.78, 5) is 2.38. The first kappa shape index (κ1) is 16.5. The molecule has 1 aliphatic rings. The second-order valence-electron chi connectivity index (χ2n) is 5.88. The van der Waals surface area contributed by atoms with Crippen LogP contribution in [0, 0.1) is 0 Å². The van der Waals surface area contributed by atoms with Crippen molar-refractivity contribution >= 4 is 0 Å². The quantitative estimate of drug-likeness (QED) is 0.784. The fourth-order valence-corrected chi connectivity index (χ4v) is 3.44. The minimum Gasteiger partial charge on any atom is -0.391 e. The third-order valence-electron chi connectivity index (χ3n) is 4.65. The summed E-state index contributed by atoms with van der Waals surface area (Å²) in [6.07, 6.45) is 2.83. The van der Waals surface area contributed by atoms with Crippen molar-refractivity contribution in [2.45, 2.75) is 51.2 Å². The summed E-state index contributed by atoms with van der Waals surface area (Å²) in [5, 5.41) is 10.4. The molecule has 1 fully saturated rings. The molecule has 0 aliphatic heterocycles. The monoisotopic (exact) mass is 291 g/mol. The molecule has 0 spiro atoms.